The third-order valence-corrected chi connectivity index (χ3v) is 7.90. The van der Waals surface area contributed by atoms with Crippen molar-refractivity contribution in [1.82, 2.24) is 5.32 Å². The molecule has 1 unspecified atom stereocenters. The number of aryl methyl sites for hydroxylation is 1. The van der Waals surface area contributed by atoms with Crippen molar-refractivity contribution in [3.63, 3.8) is 0 Å². The van der Waals surface area contributed by atoms with Gasteiger partial charge in [-0.05, 0) is 91.7 Å². The second-order valence-corrected chi connectivity index (χ2v) is 11.8. The number of rotatable bonds is 11. The van der Waals surface area contributed by atoms with Crippen LogP contribution in [-0.2, 0) is 9.59 Å². The lowest BCUT2D eigenvalue weighted by atomic mass is 10.1. The minimum Gasteiger partial charge on any atom is -0.478 e. The first-order valence-corrected chi connectivity index (χ1v) is 15.0. The summed E-state index contributed by atoms with van der Waals surface area (Å²) in [7, 11) is 3.87. The van der Waals surface area contributed by atoms with Gasteiger partial charge in [-0.15, -0.1) is 11.8 Å². The molecular weight excluding hydrogens is 588 g/mol. The third kappa shape index (κ3) is 9.07. The first kappa shape index (κ1) is 32.6. The minimum absolute atomic E-state index is 0.0764. The van der Waals surface area contributed by atoms with Crippen LogP contribution in [0, 0.1) is 6.92 Å². The van der Waals surface area contributed by atoms with Crippen LogP contribution in [-0.4, -0.2) is 48.1 Å². The zero-order valence-electron chi connectivity index (χ0n) is 25.3. The molecule has 4 aromatic carbocycles. The molecule has 1 atom stereocenters. The van der Waals surface area contributed by atoms with Crippen molar-refractivity contribution in [3.05, 3.63) is 125 Å². The van der Waals surface area contributed by atoms with Crippen LogP contribution in [0.2, 0.25) is 0 Å². The molecule has 3 amide bonds. The van der Waals surface area contributed by atoms with Crippen molar-refractivity contribution < 1.29 is 24.3 Å². The average Bonchev–Trinajstić information content (AvgIpc) is 3.03. The van der Waals surface area contributed by atoms with Crippen molar-refractivity contribution in [2.24, 2.45) is 0 Å². The molecule has 0 aliphatic rings. The SMILES string of the molecule is Cc1ccc(C(=O)O)cc1NC(=O)C(C)Sc1ccc(NC(=O)/C(=C/c2ccc(N(C)C)cc2)NC(=O)c2ccccc2)cc1. The number of carbonyl (C=O) groups excluding carboxylic acids is 3. The van der Waals surface area contributed by atoms with Gasteiger partial charge in [0.1, 0.15) is 5.70 Å². The molecule has 230 valence electrons. The van der Waals surface area contributed by atoms with Gasteiger partial charge in [0, 0.05) is 41.6 Å². The molecule has 4 N–H and O–H groups in total. The van der Waals surface area contributed by atoms with Crippen molar-refractivity contribution >= 4 is 58.6 Å². The summed E-state index contributed by atoms with van der Waals surface area (Å²) in [6.07, 6.45) is 1.62. The van der Waals surface area contributed by atoms with Crippen LogP contribution in [0.25, 0.3) is 6.08 Å². The van der Waals surface area contributed by atoms with Gasteiger partial charge in [-0.25, -0.2) is 4.79 Å². The van der Waals surface area contributed by atoms with E-state index in [2.05, 4.69) is 16.0 Å². The lowest BCUT2D eigenvalue weighted by molar-refractivity contribution is -0.115. The summed E-state index contributed by atoms with van der Waals surface area (Å²) in [6, 6.07) is 27.8. The monoisotopic (exact) mass is 622 g/mol. The number of nitrogens with one attached hydrogen (secondary N) is 3. The Morgan fingerprint density at radius 1 is 0.822 bits per heavy atom. The fraction of sp³-hybridized carbons (Fsp3) is 0.143. The van der Waals surface area contributed by atoms with Crippen LogP contribution in [0.5, 0.6) is 0 Å². The molecule has 0 saturated heterocycles. The Balaban J connectivity index is 1.44. The molecule has 0 bridgehead atoms. The summed E-state index contributed by atoms with van der Waals surface area (Å²) in [6.45, 7) is 3.55. The number of amides is 3. The zero-order chi connectivity index (χ0) is 32.5. The van der Waals surface area contributed by atoms with Crippen LogP contribution in [0.15, 0.2) is 108 Å². The molecule has 0 aromatic heterocycles. The smallest absolute Gasteiger partial charge is 0.335 e. The Hall–Kier alpha value is -5.35. The van der Waals surface area contributed by atoms with Crippen LogP contribution in [0.4, 0.5) is 17.1 Å². The highest BCUT2D eigenvalue weighted by Gasteiger charge is 2.18. The normalized spacial score (nSPS) is 11.7. The van der Waals surface area contributed by atoms with Crippen molar-refractivity contribution in [3.8, 4) is 0 Å². The molecule has 9 nitrogen and oxygen atoms in total. The Kier molecular flexibility index (Phi) is 10.8. The maximum absolute atomic E-state index is 13.4. The average molecular weight is 623 g/mol. The lowest BCUT2D eigenvalue weighted by Gasteiger charge is -2.15. The van der Waals surface area contributed by atoms with Gasteiger partial charge in [0.2, 0.25) is 5.91 Å². The Bertz CT molecular complexity index is 1720. The van der Waals surface area contributed by atoms with E-state index in [9.17, 15) is 24.3 Å². The fourth-order valence-corrected chi connectivity index (χ4v) is 5.04. The number of carboxylic acid groups (broad SMARTS) is 1. The van der Waals surface area contributed by atoms with E-state index in [1.807, 2.05) is 49.3 Å². The molecule has 0 spiro atoms. The summed E-state index contributed by atoms with van der Waals surface area (Å²) < 4.78 is 0. The summed E-state index contributed by atoms with van der Waals surface area (Å²) in [5.41, 5.74) is 4.03. The maximum atomic E-state index is 13.4. The zero-order valence-corrected chi connectivity index (χ0v) is 26.1. The lowest BCUT2D eigenvalue weighted by Crippen LogP contribution is -2.30. The number of benzene rings is 4. The fourth-order valence-electron chi connectivity index (χ4n) is 4.17. The Morgan fingerprint density at radius 3 is 2.11 bits per heavy atom. The van der Waals surface area contributed by atoms with Gasteiger partial charge in [-0.3, -0.25) is 14.4 Å². The summed E-state index contributed by atoms with van der Waals surface area (Å²) in [5, 5.41) is 17.2. The molecular formula is C35H34N4O5S. The van der Waals surface area contributed by atoms with E-state index in [4.69, 9.17) is 0 Å². The number of thioether (sulfide) groups is 1. The molecule has 0 radical (unpaired) electrons. The van der Waals surface area contributed by atoms with Gasteiger partial charge in [-0.2, -0.15) is 0 Å². The number of hydrogen-bond acceptors (Lipinski definition) is 6. The van der Waals surface area contributed by atoms with E-state index in [-0.39, 0.29) is 17.2 Å². The third-order valence-electron chi connectivity index (χ3n) is 6.79. The summed E-state index contributed by atoms with van der Waals surface area (Å²) >= 11 is 1.32. The van der Waals surface area contributed by atoms with E-state index < -0.39 is 23.0 Å². The van der Waals surface area contributed by atoms with Crippen LogP contribution >= 0.6 is 11.8 Å². The van der Waals surface area contributed by atoms with E-state index in [0.29, 0.717) is 16.9 Å². The standard InChI is InChI=1S/C35H34N4O5S/c1-22-10-13-26(35(43)44)21-30(22)37-32(40)23(2)45-29-18-14-27(15-19-29)36-34(42)31(38-33(41)25-8-6-5-7-9-25)20-24-11-16-28(17-12-24)39(3)4/h5-21,23H,1-4H3,(H,36,42)(H,37,40)(H,38,41)(H,43,44)/b31-20-. The van der Waals surface area contributed by atoms with Crippen molar-refractivity contribution in [2.45, 2.75) is 24.0 Å². The highest BCUT2D eigenvalue weighted by Crippen LogP contribution is 2.27. The molecule has 10 heteroatoms. The van der Waals surface area contributed by atoms with Gasteiger partial charge < -0.3 is 26.0 Å². The topological polar surface area (TPSA) is 128 Å². The quantitative estimate of drug-likeness (QED) is 0.114. The molecule has 0 heterocycles. The van der Waals surface area contributed by atoms with E-state index in [1.54, 1.807) is 74.5 Å². The van der Waals surface area contributed by atoms with E-state index >= 15 is 0 Å². The van der Waals surface area contributed by atoms with Crippen LogP contribution in [0.1, 0.15) is 38.8 Å². The second kappa shape index (κ2) is 14.9. The number of anilines is 3. The minimum atomic E-state index is -1.07. The summed E-state index contributed by atoms with van der Waals surface area (Å²) in [5.74, 6) is -2.25. The first-order valence-electron chi connectivity index (χ1n) is 14.1. The molecule has 0 aliphatic heterocycles. The maximum Gasteiger partial charge on any atom is 0.335 e. The largest absolute Gasteiger partial charge is 0.478 e. The van der Waals surface area contributed by atoms with Gasteiger partial charge in [0.25, 0.3) is 11.8 Å². The first-order chi connectivity index (χ1) is 21.5. The predicted octanol–water partition coefficient (Wildman–Crippen LogP) is 6.29. The number of carboxylic acids is 1. The molecule has 0 fully saturated rings. The predicted molar refractivity (Wildman–Crippen MR) is 180 cm³/mol. The van der Waals surface area contributed by atoms with Gasteiger partial charge in [0.15, 0.2) is 0 Å². The van der Waals surface area contributed by atoms with Gasteiger partial charge in [0.05, 0.1) is 10.8 Å². The van der Waals surface area contributed by atoms with Crippen LogP contribution < -0.4 is 20.9 Å². The highest BCUT2D eigenvalue weighted by atomic mass is 32.2. The summed E-state index contributed by atoms with van der Waals surface area (Å²) in [4.78, 5) is 53.2. The molecule has 4 aromatic rings. The number of hydrogen-bond donors (Lipinski definition) is 4. The van der Waals surface area contributed by atoms with E-state index in [1.165, 1.54) is 23.9 Å². The van der Waals surface area contributed by atoms with Gasteiger partial charge >= 0.3 is 5.97 Å². The molecule has 45 heavy (non-hydrogen) atoms. The van der Waals surface area contributed by atoms with E-state index in [0.717, 1.165) is 21.7 Å². The molecule has 0 saturated carbocycles. The number of carbonyl (C=O) groups is 4. The van der Waals surface area contributed by atoms with Crippen molar-refractivity contribution in [1.29, 1.82) is 0 Å². The molecule has 0 aliphatic carbocycles. The second-order valence-electron chi connectivity index (χ2n) is 10.4. The number of aromatic carboxylic acids is 1. The number of nitrogens with zero attached hydrogens (tertiary/aromatic N) is 1. The highest BCUT2D eigenvalue weighted by molar-refractivity contribution is 8.00. The molecule has 4 rings (SSSR count). The Morgan fingerprint density at radius 2 is 1.49 bits per heavy atom. The van der Waals surface area contributed by atoms with Gasteiger partial charge in [-0.1, -0.05) is 36.4 Å². The van der Waals surface area contributed by atoms with Crippen molar-refractivity contribution in [2.75, 3.05) is 29.6 Å². The Labute approximate surface area is 266 Å². The van der Waals surface area contributed by atoms with Crippen LogP contribution in [0.3, 0.4) is 0 Å².